The summed E-state index contributed by atoms with van der Waals surface area (Å²) in [5.41, 5.74) is 4.11. The van der Waals surface area contributed by atoms with Gasteiger partial charge in [0.2, 0.25) is 0 Å². The average Bonchev–Trinajstić information content (AvgIpc) is 2.33. The van der Waals surface area contributed by atoms with Crippen LogP contribution in [0.25, 0.3) is 0 Å². The summed E-state index contributed by atoms with van der Waals surface area (Å²) in [5.74, 6) is 0. The maximum absolute atomic E-state index is 5.72. The topological polar surface area (TPSA) is 21.3 Å². The van der Waals surface area contributed by atoms with Gasteiger partial charge in [-0.1, -0.05) is 25.1 Å². The second-order valence-corrected chi connectivity index (χ2v) is 4.95. The number of nitrogens with one attached hydrogen (secondary N) is 1. The van der Waals surface area contributed by atoms with E-state index in [2.05, 4.69) is 58.1 Å². The molecule has 0 aromatic heterocycles. The van der Waals surface area contributed by atoms with E-state index in [4.69, 9.17) is 4.74 Å². The lowest BCUT2D eigenvalue weighted by molar-refractivity contribution is 0.0480. The van der Waals surface area contributed by atoms with E-state index in [0.29, 0.717) is 6.04 Å². The molecule has 1 N–H and O–H groups in total. The Labute approximate surface area is 112 Å². The molecule has 18 heavy (non-hydrogen) atoms. The quantitative estimate of drug-likeness (QED) is 0.801. The molecule has 0 bridgehead atoms. The Balaban J connectivity index is 2.72. The van der Waals surface area contributed by atoms with Crippen molar-refractivity contribution in [2.75, 3.05) is 13.2 Å². The standard InChI is InChI=1S/C16H27NO/c1-6-17-16(14(5)18-7-2)11-15-9-8-12(3)13(4)10-15/h8-10,14,16-17H,6-7,11H2,1-5H3. The molecule has 0 aliphatic rings. The van der Waals surface area contributed by atoms with Gasteiger partial charge >= 0.3 is 0 Å². The van der Waals surface area contributed by atoms with Crippen LogP contribution in [0, 0.1) is 13.8 Å². The van der Waals surface area contributed by atoms with Gasteiger partial charge in [0.1, 0.15) is 0 Å². The lowest BCUT2D eigenvalue weighted by Crippen LogP contribution is -2.41. The Bertz CT molecular complexity index is 362. The molecular weight excluding hydrogens is 222 g/mol. The van der Waals surface area contributed by atoms with E-state index in [-0.39, 0.29) is 6.10 Å². The zero-order valence-electron chi connectivity index (χ0n) is 12.4. The third-order valence-corrected chi connectivity index (χ3v) is 3.49. The Morgan fingerprint density at radius 3 is 2.44 bits per heavy atom. The Morgan fingerprint density at radius 1 is 1.17 bits per heavy atom. The largest absolute Gasteiger partial charge is 0.377 e. The van der Waals surface area contributed by atoms with Crippen LogP contribution < -0.4 is 5.32 Å². The van der Waals surface area contributed by atoms with Crippen molar-refractivity contribution in [1.82, 2.24) is 5.32 Å². The highest BCUT2D eigenvalue weighted by molar-refractivity contribution is 5.30. The fourth-order valence-corrected chi connectivity index (χ4v) is 2.23. The normalized spacial score (nSPS) is 14.5. The molecule has 0 fully saturated rings. The number of ether oxygens (including phenoxy) is 1. The minimum Gasteiger partial charge on any atom is -0.377 e. The van der Waals surface area contributed by atoms with Crippen molar-refractivity contribution in [2.45, 2.75) is 53.2 Å². The van der Waals surface area contributed by atoms with Gasteiger partial charge in [-0.2, -0.15) is 0 Å². The summed E-state index contributed by atoms with van der Waals surface area (Å²) in [6.45, 7) is 12.4. The smallest absolute Gasteiger partial charge is 0.0703 e. The number of benzene rings is 1. The van der Waals surface area contributed by atoms with Crippen molar-refractivity contribution in [3.8, 4) is 0 Å². The second-order valence-electron chi connectivity index (χ2n) is 4.95. The van der Waals surface area contributed by atoms with E-state index >= 15 is 0 Å². The minimum absolute atomic E-state index is 0.247. The average molecular weight is 249 g/mol. The first-order valence-electron chi connectivity index (χ1n) is 6.99. The molecule has 1 aromatic carbocycles. The summed E-state index contributed by atoms with van der Waals surface area (Å²) in [5, 5.41) is 3.52. The zero-order valence-corrected chi connectivity index (χ0v) is 12.4. The van der Waals surface area contributed by atoms with Crippen LogP contribution >= 0.6 is 0 Å². The third-order valence-electron chi connectivity index (χ3n) is 3.49. The SMILES string of the molecule is CCNC(Cc1ccc(C)c(C)c1)C(C)OCC. The minimum atomic E-state index is 0.247. The molecule has 0 radical (unpaired) electrons. The van der Waals surface area contributed by atoms with Crippen LogP contribution in [-0.2, 0) is 11.2 Å². The first-order valence-corrected chi connectivity index (χ1v) is 6.99. The third kappa shape index (κ3) is 4.43. The molecule has 2 atom stereocenters. The maximum atomic E-state index is 5.72. The van der Waals surface area contributed by atoms with Crippen molar-refractivity contribution in [2.24, 2.45) is 0 Å². The van der Waals surface area contributed by atoms with E-state index in [9.17, 15) is 0 Å². The van der Waals surface area contributed by atoms with Crippen molar-refractivity contribution in [3.63, 3.8) is 0 Å². The molecule has 2 nitrogen and oxygen atoms in total. The molecule has 0 saturated heterocycles. The van der Waals surface area contributed by atoms with Crippen LogP contribution in [0.5, 0.6) is 0 Å². The Hall–Kier alpha value is -0.860. The predicted molar refractivity (Wildman–Crippen MR) is 78.2 cm³/mol. The van der Waals surface area contributed by atoms with E-state index in [1.165, 1.54) is 16.7 Å². The van der Waals surface area contributed by atoms with Gasteiger partial charge in [0.05, 0.1) is 6.10 Å². The van der Waals surface area contributed by atoms with Gasteiger partial charge < -0.3 is 10.1 Å². The highest BCUT2D eigenvalue weighted by Gasteiger charge is 2.17. The number of likely N-dealkylation sites (N-methyl/N-ethyl adjacent to an activating group) is 1. The number of rotatable bonds is 7. The van der Waals surface area contributed by atoms with E-state index in [0.717, 1.165) is 19.6 Å². The van der Waals surface area contributed by atoms with Crippen molar-refractivity contribution >= 4 is 0 Å². The van der Waals surface area contributed by atoms with Gasteiger partial charge in [0.15, 0.2) is 0 Å². The van der Waals surface area contributed by atoms with Gasteiger partial charge in [0.25, 0.3) is 0 Å². The van der Waals surface area contributed by atoms with Crippen LogP contribution in [0.1, 0.15) is 37.5 Å². The molecule has 0 aliphatic heterocycles. The summed E-state index contributed by atoms with van der Waals surface area (Å²) in [6.07, 6.45) is 1.27. The van der Waals surface area contributed by atoms with Crippen LogP contribution in [0.4, 0.5) is 0 Å². The highest BCUT2D eigenvalue weighted by Crippen LogP contribution is 2.13. The molecule has 1 rings (SSSR count). The fourth-order valence-electron chi connectivity index (χ4n) is 2.23. The van der Waals surface area contributed by atoms with Crippen LogP contribution in [0.2, 0.25) is 0 Å². The highest BCUT2D eigenvalue weighted by atomic mass is 16.5. The Kier molecular flexibility index (Phi) is 6.37. The van der Waals surface area contributed by atoms with Gasteiger partial charge in [0, 0.05) is 12.6 Å². The molecular formula is C16H27NO. The van der Waals surface area contributed by atoms with Gasteiger partial charge in [-0.25, -0.2) is 0 Å². The van der Waals surface area contributed by atoms with Gasteiger partial charge in [-0.05, 0) is 57.4 Å². The molecule has 0 aliphatic carbocycles. The lowest BCUT2D eigenvalue weighted by Gasteiger charge is -2.25. The number of aryl methyl sites for hydroxylation is 2. The van der Waals surface area contributed by atoms with E-state index in [1.807, 2.05) is 0 Å². The monoisotopic (exact) mass is 249 g/mol. The first kappa shape index (κ1) is 15.2. The fraction of sp³-hybridized carbons (Fsp3) is 0.625. The second kappa shape index (κ2) is 7.55. The predicted octanol–water partition coefficient (Wildman–Crippen LogP) is 3.25. The van der Waals surface area contributed by atoms with Crippen molar-refractivity contribution < 1.29 is 4.74 Å². The number of hydrogen-bond donors (Lipinski definition) is 1. The zero-order chi connectivity index (χ0) is 13.5. The Morgan fingerprint density at radius 2 is 1.89 bits per heavy atom. The van der Waals surface area contributed by atoms with Gasteiger partial charge in [-0.3, -0.25) is 0 Å². The molecule has 1 aromatic rings. The summed E-state index contributed by atoms with van der Waals surface area (Å²) in [4.78, 5) is 0. The molecule has 2 heteroatoms. The van der Waals surface area contributed by atoms with Crippen molar-refractivity contribution in [1.29, 1.82) is 0 Å². The van der Waals surface area contributed by atoms with E-state index < -0.39 is 0 Å². The van der Waals surface area contributed by atoms with Crippen LogP contribution in [0.3, 0.4) is 0 Å². The number of hydrogen-bond acceptors (Lipinski definition) is 2. The summed E-state index contributed by atoms with van der Waals surface area (Å²) < 4.78 is 5.72. The molecule has 0 spiro atoms. The molecule has 0 amide bonds. The lowest BCUT2D eigenvalue weighted by atomic mass is 9.98. The molecule has 0 heterocycles. The molecule has 0 saturated carbocycles. The molecule has 102 valence electrons. The maximum Gasteiger partial charge on any atom is 0.0703 e. The van der Waals surface area contributed by atoms with E-state index in [1.54, 1.807) is 0 Å². The first-order chi connectivity index (χ1) is 8.58. The summed E-state index contributed by atoms with van der Waals surface area (Å²) in [6, 6.07) is 7.11. The molecule has 2 unspecified atom stereocenters. The summed E-state index contributed by atoms with van der Waals surface area (Å²) in [7, 11) is 0. The van der Waals surface area contributed by atoms with Crippen LogP contribution in [-0.4, -0.2) is 25.3 Å². The summed E-state index contributed by atoms with van der Waals surface area (Å²) >= 11 is 0. The van der Waals surface area contributed by atoms with Crippen LogP contribution in [0.15, 0.2) is 18.2 Å². The van der Waals surface area contributed by atoms with Gasteiger partial charge in [-0.15, -0.1) is 0 Å². The van der Waals surface area contributed by atoms with Crippen molar-refractivity contribution in [3.05, 3.63) is 34.9 Å².